The molecule has 3 saturated heterocycles. The zero-order valence-electron chi connectivity index (χ0n) is 29.5. The molecule has 3 amide bonds. The van der Waals surface area contributed by atoms with Crippen molar-refractivity contribution in [2.24, 2.45) is 0 Å². The van der Waals surface area contributed by atoms with Crippen LogP contribution in [-0.2, 0) is 42.8 Å². The Labute approximate surface area is 308 Å². The second-order valence-corrected chi connectivity index (χ2v) is 13.2. The lowest BCUT2D eigenvalue weighted by atomic mass is 9.94. The van der Waals surface area contributed by atoms with Gasteiger partial charge in [0.05, 0.1) is 39.1 Å². The maximum Gasteiger partial charge on any atom is 0.217 e. The average molecular weight is 792 g/mol. The van der Waals surface area contributed by atoms with Crippen molar-refractivity contribution in [3.63, 3.8) is 0 Å². The molecule has 3 aliphatic heterocycles. The van der Waals surface area contributed by atoms with Gasteiger partial charge in [-0.25, -0.2) is 0 Å². The number of ether oxygens (including phenoxy) is 6. The lowest BCUT2D eigenvalue weighted by Crippen LogP contribution is -2.69. The predicted octanol–water partition coefficient (Wildman–Crippen LogP) is -9.68. The average Bonchev–Trinajstić information content (AvgIpc) is 3.12. The van der Waals surface area contributed by atoms with Gasteiger partial charge in [0.2, 0.25) is 17.7 Å². The Morgan fingerprint density at radius 2 is 1.09 bits per heavy atom. The quantitative estimate of drug-likeness (QED) is 0.0650. The summed E-state index contributed by atoms with van der Waals surface area (Å²) in [5.74, 6) is -2.09. The van der Waals surface area contributed by atoms with Crippen molar-refractivity contribution < 1.29 is 104 Å². The monoisotopic (exact) mass is 791 g/mol. The molecule has 0 spiro atoms. The van der Waals surface area contributed by atoms with Crippen molar-refractivity contribution in [1.82, 2.24) is 16.0 Å². The number of aliphatic hydroxyl groups excluding tert-OH is 12. The summed E-state index contributed by atoms with van der Waals surface area (Å²) in [6, 6.07) is -4.43. The first-order valence-electron chi connectivity index (χ1n) is 17.0. The Bertz CT molecular complexity index is 1210. The number of nitrogens with one attached hydrogen (secondary N) is 3. The number of carbonyl (C=O) groups is 3. The number of hydrogen-bond donors (Lipinski definition) is 15. The maximum absolute atomic E-state index is 12.1. The summed E-state index contributed by atoms with van der Waals surface area (Å²) >= 11 is 0. The van der Waals surface area contributed by atoms with Crippen molar-refractivity contribution in [2.45, 2.75) is 137 Å². The zero-order chi connectivity index (χ0) is 40.6. The van der Waals surface area contributed by atoms with E-state index in [0.717, 1.165) is 20.8 Å². The van der Waals surface area contributed by atoms with Crippen LogP contribution in [0.4, 0.5) is 0 Å². The van der Waals surface area contributed by atoms with Crippen LogP contribution in [-0.4, -0.2) is 228 Å². The fraction of sp³-hybridized carbons (Fsp3) is 0.900. The van der Waals surface area contributed by atoms with Crippen LogP contribution >= 0.6 is 0 Å². The largest absolute Gasteiger partial charge is 0.394 e. The Balaban J connectivity index is 1.81. The molecule has 3 heterocycles. The second kappa shape index (κ2) is 20.7. The van der Waals surface area contributed by atoms with Gasteiger partial charge in [0.1, 0.15) is 91.4 Å². The summed E-state index contributed by atoms with van der Waals surface area (Å²) in [6.07, 6.45) is -28.4. The van der Waals surface area contributed by atoms with E-state index in [0.29, 0.717) is 0 Å². The van der Waals surface area contributed by atoms with Crippen LogP contribution in [0.15, 0.2) is 0 Å². The zero-order valence-corrected chi connectivity index (χ0v) is 29.5. The summed E-state index contributed by atoms with van der Waals surface area (Å²) in [5, 5.41) is 132. The highest BCUT2D eigenvalue weighted by Gasteiger charge is 2.54. The van der Waals surface area contributed by atoms with Gasteiger partial charge in [-0.05, 0) is 0 Å². The van der Waals surface area contributed by atoms with Crippen molar-refractivity contribution in [3.05, 3.63) is 0 Å². The van der Waals surface area contributed by atoms with Crippen LogP contribution in [0.3, 0.4) is 0 Å². The molecule has 0 aromatic heterocycles. The first-order chi connectivity index (χ1) is 25.4. The molecule has 0 aliphatic carbocycles. The summed E-state index contributed by atoms with van der Waals surface area (Å²) in [6.45, 7) is -1.05. The third kappa shape index (κ3) is 11.2. The highest BCUT2D eigenvalue weighted by Crippen LogP contribution is 2.33. The minimum Gasteiger partial charge on any atom is -0.394 e. The van der Waals surface area contributed by atoms with Gasteiger partial charge >= 0.3 is 0 Å². The third-order valence-electron chi connectivity index (χ3n) is 9.05. The van der Waals surface area contributed by atoms with Gasteiger partial charge in [0.15, 0.2) is 18.9 Å². The number of rotatable bonds is 17. The molecular formula is C30H53N3O21. The Morgan fingerprint density at radius 3 is 1.61 bits per heavy atom. The van der Waals surface area contributed by atoms with E-state index < -0.39 is 167 Å². The standard InChI is InChI=1S/C30H53N3O21/c1-9(38)31-12(4-34)19(42)20(43)13(41)8-49-28-18(33-11(3)40)24(47)26(16(7-37)52-28)53-30-25(48)27(22(45)15(6-36)51-30)54-29-17(32-10(2)39)23(46)21(44)14(5-35)50-29/h12-30,34-37,41-48H,4-8H2,1-3H3,(H,31,38)(H,32,39)(H,33,40)/t12-,13+,14+,15+,16+,17+,18+,19+,20-,21+,22-,23+,24+,25+,26-,27-,28+,29-,30-/m0/s1. The van der Waals surface area contributed by atoms with Gasteiger partial charge < -0.3 is 106 Å². The van der Waals surface area contributed by atoms with E-state index >= 15 is 0 Å². The van der Waals surface area contributed by atoms with Crippen LogP contribution in [0.5, 0.6) is 0 Å². The number of carbonyl (C=O) groups excluding carboxylic acids is 3. The second-order valence-electron chi connectivity index (χ2n) is 13.2. The molecule has 0 radical (unpaired) electrons. The fourth-order valence-electron chi connectivity index (χ4n) is 6.25. The Kier molecular flexibility index (Phi) is 17.7. The molecule has 0 aromatic carbocycles. The van der Waals surface area contributed by atoms with Crippen molar-refractivity contribution in [1.29, 1.82) is 0 Å². The molecule has 54 heavy (non-hydrogen) atoms. The highest BCUT2D eigenvalue weighted by atomic mass is 16.8. The summed E-state index contributed by atoms with van der Waals surface area (Å²) in [4.78, 5) is 35.4. The van der Waals surface area contributed by atoms with E-state index in [2.05, 4.69) is 16.0 Å². The van der Waals surface area contributed by atoms with Crippen LogP contribution in [0, 0.1) is 0 Å². The fourth-order valence-corrected chi connectivity index (χ4v) is 6.25. The molecule has 0 saturated carbocycles. The summed E-state index contributed by atoms with van der Waals surface area (Å²) < 4.78 is 33.9. The lowest BCUT2D eigenvalue weighted by Gasteiger charge is -2.49. The van der Waals surface area contributed by atoms with Crippen molar-refractivity contribution >= 4 is 17.7 Å². The molecular weight excluding hydrogens is 738 g/mol. The van der Waals surface area contributed by atoms with E-state index in [1.54, 1.807) is 0 Å². The minimum absolute atomic E-state index is 0.650. The molecule has 24 nitrogen and oxygen atoms in total. The number of amides is 3. The first-order valence-corrected chi connectivity index (χ1v) is 17.0. The van der Waals surface area contributed by atoms with Crippen LogP contribution < -0.4 is 16.0 Å². The highest BCUT2D eigenvalue weighted by molar-refractivity contribution is 5.74. The predicted molar refractivity (Wildman–Crippen MR) is 171 cm³/mol. The van der Waals surface area contributed by atoms with E-state index in [1.165, 1.54) is 0 Å². The van der Waals surface area contributed by atoms with E-state index in [9.17, 15) is 75.7 Å². The van der Waals surface area contributed by atoms with Gasteiger partial charge in [-0.2, -0.15) is 0 Å². The molecule has 15 N–H and O–H groups in total. The Hall–Kier alpha value is -2.31. The van der Waals surface area contributed by atoms with Crippen molar-refractivity contribution in [3.8, 4) is 0 Å². The molecule has 0 aromatic rings. The Morgan fingerprint density at radius 1 is 0.593 bits per heavy atom. The topological polar surface area (TPSA) is 385 Å². The van der Waals surface area contributed by atoms with E-state index in [4.69, 9.17) is 28.4 Å². The van der Waals surface area contributed by atoms with Gasteiger partial charge in [-0.1, -0.05) is 0 Å². The first kappa shape index (κ1) is 46.1. The molecule has 0 unspecified atom stereocenters. The number of aliphatic hydroxyl groups is 12. The van der Waals surface area contributed by atoms with Crippen molar-refractivity contribution in [2.75, 3.05) is 33.0 Å². The number of hydrogen-bond acceptors (Lipinski definition) is 21. The van der Waals surface area contributed by atoms with Gasteiger partial charge in [0.25, 0.3) is 0 Å². The lowest BCUT2D eigenvalue weighted by molar-refractivity contribution is -0.369. The minimum atomic E-state index is -2.04. The molecule has 19 atom stereocenters. The molecule has 3 aliphatic rings. The smallest absolute Gasteiger partial charge is 0.217 e. The van der Waals surface area contributed by atoms with E-state index in [-0.39, 0.29) is 0 Å². The normalized spacial score (nSPS) is 39.5. The molecule has 0 bridgehead atoms. The molecule has 24 heteroatoms. The molecule has 3 rings (SSSR count). The van der Waals surface area contributed by atoms with Gasteiger partial charge in [-0.15, -0.1) is 0 Å². The molecule has 314 valence electrons. The van der Waals surface area contributed by atoms with E-state index in [1.807, 2.05) is 0 Å². The SMILES string of the molecule is CC(=O)N[C@H]1[C@H](OC[C@@H](O)[C@H](O)[C@H](O)[C@H](CO)NC(C)=O)O[C@H](CO)[C@H](O[C@@H]2O[C@H](CO)[C@H](O)[C@H](O[C@@H]3O[C@H](CO)[C@@H](O)[C@H](O)[C@H]3NC(C)=O)[C@H]2O)[C@@H]1O. The van der Waals surface area contributed by atoms with Gasteiger partial charge in [0, 0.05) is 20.8 Å². The van der Waals surface area contributed by atoms with Crippen LogP contribution in [0.2, 0.25) is 0 Å². The van der Waals surface area contributed by atoms with Crippen LogP contribution in [0.25, 0.3) is 0 Å². The van der Waals surface area contributed by atoms with Gasteiger partial charge in [-0.3, -0.25) is 14.4 Å². The van der Waals surface area contributed by atoms with Crippen LogP contribution in [0.1, 0.15) is 20.8 Å². The summed E-state index contributed by atoms with van der Waals surface area (Å²) in [7, 11) is 0. The summed E-state index contributed by atoms with van der Waals surface area (Å²) in [5.41, 5.74) is 0. The third-order valence-corrected chi connectivity index (χ3v) is 9.05. The molecule has 3 fully saturated rings. The maximum atomic E-state index is 12.1.